The Morgan fingerprint density at radius 3 is 2.72 bits per heavy atom. The van der Waals surface area contributed by atoms with Crippen molar-refractivity contribution in [2.45, 2.75) is 39.5 Å². The number of aryl methyl sites for hydroxylation is 1. The fourth-order valence-corrected chi connectivity index (χ4v) is 2.42. The monoisotopic (exact) mass is 247 g/mol. The van der Waals surface area contributed by atoms with Crippen molar-refractivity contribution >= 4 is 0 Å². The van der Waals surface area contributed by atoms with E-state index in [1.54, 1.807) is 0 Å². The lowest BCUT2D eigenvalue weighted by Crippen LogP contribution is -2.18. The van der Waals surface area contributed by atoms with Gasteiger partial charge in [-0.2, -0.15) is 0 Å². The zero-order valence-electron chi connectivity index (χ0n) is 12.0. The zero-order chi connectivity index (χ0) is 13.2. The maximum absolute atomic E-state index is 6.06. The molecule has 0 aliphatic carbocycles. The predicted octanol–water partition coefficient (Wildman–Crippen LogP) is 3.28. The molecule has 2 rings (SSSR count). The normalized spacial score (nSPS) is 20.1. The minimum absolute atomic E-state index is 0.134. The molecule has 1 atom stereocenters. The summed E-state index contributed by atoms with van der Waals surface area (Å²) in [5.41, 5.74) is 2.75. The van der Waals surface area contributed by atoms with Gasteiger partial charge in [0, 0.05) is 12.5 Å². The Morgan fingerprint density at radius 1 is 1.33 bits per heavy atom. The number of ether oxygens (including phenoxy) is 1. The second-order valence-electron chi connectivity index (χ2n) is 6.42. The summed E-state index contributed by atoms with van der Waals surface area (Å²) in [5, 5.41) is 3.38. The van der Waals surface area contributed by atoms with E-state index in [0.29, 0.717) is 5.92 Å². The predicted molar refractivity (Wildman–Crippen MR) is 76.4 cm³/mol. The molecule has 0 radical (unpaired) electrons. The van der Waals surface area contributed by atoms with Crippen molar-refractivity contribution in [1.82, 2.24) is 5.32 Å². The summed E-state index contributed by atoms with van der Waals surface area (Å²) in [7, 11) is 0. The van der Waals surface area contributed by atoms with Gasteiger partial charge in [-0.3, -0.25) is 0 Å². The van der Waals surface area contributed by atoms with Gasteiger partial charge in [0.25, 0.3) is 0 Å². The van der Waals surface area contributed by atoms with E-state index in [1.165, 1.54) is 17.5 Å². The highest BCUT2D eigenvalue weighted by molar-refractivity contribution is 5.41. The first kappa shape index (κ1) is 13.4. The van der Waals surface area contributed by atoms with E-state index in [9.17, 15) is 0 Å². The SMILES string of the molecule is Cc1ccc(OC[C@@H]2CCNC2)c(C(C)(C)C)c1. The van der Waals surface area contributed by atoms with Gasteiger partial charge in [0.1, 0.15) is 5.75 Å². The summed E-state index contributed by atoms with van der Waals surface area (Å²) in [6.07, 6.45) is 1.23. The van der Waals surface area contributed by atoms with Crippen LogP contribution >= 0.6 is 0 Å². The van der Waals surface area contributed by atoms with Gasteiger partial charge in [-0.05, 0) is 36.9 Å². The standard InChI is InChI=1S/C16H25NO/c1-12-5-6-15(14(9-12)16(2,3)4)18-11-13-7-8-17-10-13/h5-6,9,13,17H,7-8,10-11H2,1-4H3/t13-/m1/s1. The Kier molecular flexibility index (Phi) is 3.96. The molecule has 1 aliphatic rings. The number of hydrogen-bond donors (Lipinski definition) is 1. The first-order valence-electron chi connectivity index (χ1n) is 6.91. The third-order valence-corrected chi connectivity index (χ3v) is 3.58. The highest BCUT2D eigenvalue weighted by Gasteiger charge is 2.21. The molecule has 2 nitrogen and oxygen atoms in total. The van der Waals surface area contributed by atoms with Gasteiger partial charge in [0.05, 0.1) is 6.61 Å². The van der Waals surface area contributed by atoms with Crippen LogP contribution in [0.5, 0.6) is 5.75 Å². The molecule has 1 fully saturated rings. The largest absolute Gasteiger partial charge is 0.493 e. The molecule has 0 aromatic heterocycles. The molecule has 0 saturated carbocycles. The van der Waals surface area contributed by atoms with Crippen LogP contribution in [0.4, 0.5) is 0 Å². The van der Waals surface area contributed by atoms with E-state index >= 15 is 0 Å². The molecule has 0 spiro atoms. The summed E-state index contributed by atoms with van der Waals surface area (Å²) in [6, 6.07) is 6.51. The molecule has 0 bridgehead atoms. The van der Waals surface area contributed by atoms with E-state index in [4.69, 9.17) is 4.74 Å². The van der Waals surface area contributed by atoms with Crippen LogP contribution in [0.15, 0.2) is 18.2 Å². The molecule has 2 heteroatoms. The first-order valence-corrected chi connectivity index (χ1v) is 6.91. The topological polar surface area (TPSA) is 21.3 Å². The lowest BCUT2D eigenvalue weighted by atomic mass is 9.85. The van der Waals surface area contributed by atoms with Gasteiger partial charge in [-0.1, -0.05) is 38.5 Å². The van der Waals surface area contributed by atoms with E-state index in [1.807, 2.05) is 0 Å². The minimum Gasteiger partial charge on any atom is -0.493 e. The average Bonchev–Trinajstić information content (AvgIpc) is 2.79. The summed E-state index contributed by atoms with van der Waals surface area (Å²) in [6.45, 7) is 11.9. The summed E-state index contributed by atoms with van der Waals surface area (Å²) in [4.78, 5) is 0. The lowest BCUT2D eigenvalue weighted by Gasteiger charge is -2.24. The second kappa shape index (κ2) is 5.31. The minimum atomic E-state index is 0.134. The van der Waals surface area contributed by atoms with Crippen LogP contribution < -0.4 is 10.1 Å². The van der Waals surface area contributed by atoms with E-state index in [0.717, 1.165) is 25.4 Å². The molecule has 1 saturated heterocycles. The quantitative estimate of drug-likeness (QED) is 0.885. The Morgan fingerprint density at radius 2 is 2.11 bits per heavy atom. The molecular formula is C16H25NO. The molecule has 0 unspecified atom stereocenters. The van der Waals surface area contributed by atoms with Gasteiger partial charge < -0.3 is 10.1 Å². The molecule has 1 N–H and O–H groups in total. The van der Waals surface area contributed by atoms with Crippen LogP contribution in [0.25, 0.3) is 0 Å². The van der Waals surface area contributed by atoms with Gasteiger partial charge >= 0.3 is 0 Å². The molecule has 1 aromatic rings. The molecule has 1 aromatic carbocycles. The Balaban J connectivity index is 2.11. The summed E-state index contributed by atoms with van der Waals surface area (Å²) in [5.74, 6) is 1.72. The number of hydrogen-bond acceptors (Lipinski definition) is 2. The second-order valence-corrected chi connectivity index (χ2v) is 6.42. The Hall–Kier alpha value is -1.02. The zero-order valence-corrected chi connectivity index (χ0v) is 12.0. The third-order valence-electron chi connectivity index (χ3n) is 3.58. The molecule has 0 amide bonds. The van der Waals surface area contributed by atoms with Gasteiger partial charge in [-0.25, -0.2) is 0 Å². The van der Waals surface area contributed by atoms with Crippen molar-refractivity contribution < 1.29 is 4.74 Å². The summed E-state index contributed by atoms with van der Waals surface area (Å²) < 4.78 is 6.06. The van der Waals surface area contributed by atoms with Gasteiger partial charge in [0.2, 0.25) is 0 Å². The lowest BCUT2D eigenvalue weighted by molar-refractivity contribution is 0.254. The fourth-order valence-electron chi connectivity index (χ4n) is 2.42. The van der Waals surface area contributed by atoms with Crippen molar-refractivity contribution in [2.75, 3.05) is 19.7 Å². The van der Waals surface area contributed by atoms with Gasteiger partial charge in [-0.15, -0.1) is 0 Å². The summed E-state index contributed by atoms with van der Waals surface area (Å²) >= 11 is 0. The van der Waals surface area contributed by atoms with Crippen LogP contribution in [0.1, 0.15) is 38.3 Å². The maximum atomic E-state index is 6.06. The molecule has 18 heavy (non-hydrogen) atoms. The van der Waals surface area contributed by atoms with Crippen LogP contribution in [0, 0.1) is 12.8 Å². The van der Waals surface area contributed by atoms with Crippen LogP contribution in [0.2, 0.25) is 0 Å². The van der Waals surface area contributed by atoms with E-state index in [2.05, 4.69) is 51.2 Å². The van der Waals surface area contributed by atoms with Crippen LogP contribution in [-0.4, -0.2) is 19.7 Å². The molecule has 1 heterocycles. The average molecular weight is 247 g/mol. The highest BCUT2D eigenvalue weighted by atomic mass is 16.5. The van der Waals surface area contributed by atoms with Crippen molar-refractivity contribution in [3.63, 3.8) is 0 Å². The highest BCUT2D eigenvalue weighted by Crippen LogP contribution is 2.32. The van der Waals surface area contributed by atoms with Gasteiger partial charge in [0.15, 0.2) is 0 Å². The molecule has 100 valence electrons. The third kappa shape index (κ3) is 3.26. The van der Waals surface area contributed by atoms with E-state index in [-0.39, 0.29) is 5.41 Å². The van der Waals surface area contributed by atoms with Crippen LogP contribution in [0.3, 0.4) is 0 Å². The smallest absolute Gasteiger partial charge is 0.123 e. The first-order chi connectivity index (χ1) is 8.47. The number of rotatable bonds is 3. The van der Waals surface area contributed by atoms with Crippen molar-refractivity contribution in [1.29, 1.82) is 0 Å². The van der Waals surface area contributed by atoms with Crippen molar-refractivity contribution in [3.05, 3.63) is 29.3 Å². The van der Waals surface area contributed by atoms with E-state index < -0.39 is 0 Å². The Labute approximate surface area is 111 Å². The Bertz CT molecular complexity index is 400. The maximum Gasteiger partial charge on any atom is 0.123 e. The molecule has 1 aliphatic heterocycles. The number of benzene rings is 1. The number of nitrogens with one attached hydrogen (secondary N) is 1. The molecular weight excluding hydrogens is 222 g/mol. The van der Waals surface area contributed by atoms with Crippen molar-refractivity contribution in [3.8, 4) is 5.75 Å². The van der Waals surface area contributed by atoms with Crippen LogP contribution in [-0.2, 0) is 5.41 Å². The van der Waals surface area contributed by atoms with Crippen molar-refractivity contribution in [2.24, 2.45) is 5.92 Å². The fraction of sp³-hybridized carbons (Fsp3) is 0.625.